The van der Waals surface area contributed by atoms with Crippen molar-refractivity contribution < 1.29 is 14.0 Å². The summed E-state index contributed by atoms with van der Waals surface area (Å²) in [5.41, 5.74) is 6.57. The number of hydrogen-bond donors (Lipinski definition) is 3. The maximum atomic E-state index is 13.1. The van der Waals surface area contributed by atoms with Gasteiger partial charge in [0.1, 0.15) is 5.82 Å². The zero-order chi connectivity index (χ0) is 15.3. The molecule has 4 N–H and O–H groups in total. The fourth-order valence-corrected chi connectivity index (χ4v) is 1.52. The summed E-state index contributed by atoms with van der Waals surface area (Å²) in [5.74, 6) is -1.09. The Balaban J connectivity index is 2.48. The van der Waals surface area contributed by atoms with Gasteiger partial charge in [-0.3, -0.25) is 9.59 Å². The van der Waals surface area contributed by atoms with Crippen molar-refractivity contribution in [3.05, 3.63) is 29.6 Å². The van der Waals surface area contributed by atoms with E-state index in [1.807, 2.05) is 13.8 Å². The van der Waals surface area contributed by atoms with Crippen LogP contribution in [-0.2, 0) is 9.59 Å². The second-order valence-electron chi connectivity index (χ2n) is 5.00. The molecule has 5 nitrogen and oxygen atoms in total. The van der Waals surface area contributed by atoms with E-state index in [9.17, 15) is 14.0 Å². The van der Waals surface area contributed by atoms with Crippen LogP contribution in [0.15, 0.2) is 18.2 Å². The highest BCUT2D eigenvalue weighted by molar-refractivity contribution is 5.95. The molecule has 1 rings (SSSR count). The third kappa shape index (κ3) is 4.62. The molecule has 0 spiro atoms. The largest absolute Gasteiger partial charge is 0.346 e. The van der Waals surface area contributed by atoms with Gasteiger partial charge in [-0.05, 0) is 36.6 Å². The fourth-order valence-electron chi connectivity index (χ4n) is 1.52. The van der Waals surface area contributed by atoms with Crippen molar-refractivity contribution in [1.29, 1.82) is 0 Å². The Labute approximate surface area is 117 Å². The van der Waals surface area contributed by atoms with Gasteiger partial charge in [-0.1, -0.05) is 13.8 Å². The van der Waals surface area contributed by atoms with E-state index in [2.05, 4.69) is 10.6 Å². The van der Waals surface area contributed by atoms with Crippen molar-refractivity contribution in [1.82, 2.24) is 5.32 Å². The molecule has 1 aromatic carbocycles. The van der Waals surface area contributed by atoms with Crippen LogP contribution in [0.3, 0.4) is 0 Å². The number of halogens is 1. The van der Waals surface area contributed by atoms with Crippen LogP contribution in [0.4, 0.5) is 10.1 Å². The molecule has 0 bridgehead atoms. The number of anilines is 1. The lowest BCUT2D eigenvalue weighted by Gasteiger charge is -2.15. The number of nitrogens with one attached hydrogen (secondary N) is 2. The molecular formula is C14H20FN3O2. The minimum absolute atomic E-state index is 0.00203. The average molecular weight is 281 g/mol. The molecule has 1 aromatic rings. The number of rotatable bonds is 5. The van der Waals surface area contributed by atoms with Crippen molar-refractivity contribution in [3.63, 3.8) is 0 Å². The van der Waals surface area contributed by atoms with Gasteiger partial charge in [-0.25, -0.2) is 4.39 Å². The zero-order valence-corrected chi connectivity index (χ0v) is 11.9. The minimum Gasteiger partial charge on any atom is -0.346 e. The van der Waals surface area contributed by atoms with Crippen molar-refractivity contribution in [2.75, 3.05) is 11.9 Å². The van der Waals surface area contributed by atoms with Gasteiger partial charge in [-0.2, -0.15) is 0 Å². The standard InChI is InChI=1S/C14H20FN3O2/c1-8(2)13(16)14(20)17-7-12(19)18-10-4-5-11(15)9(3)6-10/h4-6,8,13H,7,16H2,1-3H3,(H,17,20)(H,18,19)/t13-/m0/s1. The summed E-state index contributed by atoms with van der Waals surface area (Å²) in [4.78, 5) is 23.2. The van der Waals surface area contributed by atoms with E-state index in [1.54, 1.807) is 6.92 Å². The third-order valence-corrected chi connectivity index (χ3v) is 2.89. The molecule has 20 heavy (non-hydrogen) atoms. The molecule has 1 atom stereocenters. The van der Waals surface area contributed by atoms with E-state index in [4.69, 9.17) is 5.73 Å². The first-order chi connectivity index (χ1) is 9.31. The average Bonchev–Trinajstić information content (AvgIpc) is 2.39. The van der Waals surface area contributed by atoms with E-state index in [1.165, 1.54) is 18.2 Å². The minimum atomic E-state index is -0.643. The summed E-state index contributed by atoms with van der Waals surface area (Å²) in [6.45, 7) is 5.08. The molecule has 0 heterocycles. The topological polar surface area (TPSA) is 84.2 Å². The van der Waals surface area contributed by atoms with Crippen LogP contribution in [0.25, 0.3) is 0 Å². The molecule has 0 radical (unpaired) electrons. The first-order valence-corrected chi connectivity index (χ1v) is 6.40. The zero-order valence-electron chi connectivity index (χ0n) is 11.9. The van der Waals surface area contributed by atoms with Gasteiger partial charge in [0.2, 0.25) is 11.8 Å². The quantitative estimate of drug-likeness (QED) is 0.757. The molecule has 6 heteroatoms. The summed E-state index contributed by atoms with van der Waals surface area (Å²) in [6, 6.07) is 3.62. The highest BCUT2D eigenvalue weighted by Gasteiger charge is 2.17. The number of aryl methyl sites for hydroxylation is 1. The first-order valence-electron chi connectivity index (χ1n) is 6.40. The van der Waals surface area contributed by atoms with Crippen molar-refractivity contribution in [2.24, 2.45) is 11.7 Å². The van der Waals surface area contributed by atoms with Crippen LogP contribution >= 0.6 is 0 Å². The highest BCUT2D eigenvalue weighted by Crippen LogP contribution is 2.13. The van der Waals surface area contributed by atoms with Crippen LogP contribution in [0, 0.1) is 18.7 Å². The number of carbonyl (C=O) groups excluding carboxylic acids is 2. The van der Waals surface area contributed by atoms with Crippen molar-refractivity contribution in [2.45, 2.75) is 26.8 Å². The smallest absolute Gasteiger partial charge is 0.243 e. The Morgan fingerprint density at radius 1 is 1.35 bits per heavy atom. The normalized spacial score (nSPS) is 12.1. The lowest BCUT2D eigenvalue weighted by molar-refractivity contribution is -0.125. The molecule has 110 valence electrons. The Bertz CT molecular complexity index is 503. The van der Waals surface area contributed by atoms with Crippen LogP contribution in [0.2, 0.25) is 0 Å². The Morgan fingerprint density at radius 3 is 2.55 bits per heavy atom. The maximum Gasteiger partial charge on any atom is 0.243 e. The predicted molar refractivity (Wildman–Crippen MR) is 75.6 cm³/mol. The lowest BCUT2D eigenvalue weighted by atomic mass is 10.1. The molecule has 0 aromatic heterocycles. The molecule has 0 saturated carbocycles. The fraction of sp³-hybridized carbons (Fsp3) is 0.429. The summed E-state index contributed by atoms with van der Waals surface area (Å²) in [7, 11) is 0. The molecule has 2 amide bonds. The van der Waals surface area contributed by atoms with Crippen molar-refractivity contribution in [3.8, 4) is 0 Å². The van der Waals surface area contributed by atoms with E-state index >= 15 is 0 Å². The number of carbonyl (C=O) groups is 2. The summed E-state index contributed by atoms with van der Waals surface area (Å²) in [6.07, 6.45) is 0. The van der Waals surface area contributed by atoms with Gasteiger partial charge >= 0.3 is 0 Å². The van der Waals surface area contributed by atoms with E-state index in [0.29, 0.717) is 11.3 Å². The summed E-state index contributed by atoms with van der Waals surface area (Å²) < 4.78 is 13.1. The molecule has 0 aliphatic carbocycles. The monoisotopic (exact) mass is 281 g/mol. The van der Waals surface area contributed by atoms with Crippen LogP contribution in [-0.4, -0.2) is 24.4 Å². The predicted octanol–water partition coefficient (Wildman–Crippen LogP) is 1.17. The van der Waals surface area contributed by atoms with Crippen LogP contribution < -0.4 is 16.4 Å². The third-order valence-electron chi connectivity index (χ3n) is 2.89. The van der Waals surface area contributed by atoms with Gasteiger partial charge in [0.25, 0.3) is 0 Å². The van der Waals surface area contributed by atoms with E-state index in [0.717, 1.165) is 0 Å². The molecule has 0 saturated heterocycles. The van der Waals surface area contributed by atoms with Crippen LogP contribution in [0.1, 0.15) is 19.4 Å². The highest BCUT2D eigenvalue weighted by atomic mass is 19.1. The van der Waals surface area contributed by atoms with Gasteiger partial charge in [0.05, 0.1) is 12.6 Å². The number of hydrogen-bond acceptors (Lipinski definition) is 3. The van der Waals surface area contributed by atoms with Gasteiger partial charge in [0.15, 0.2) is 0 Å². The number of amides is 2. The Hall–Kier alpha value is -1.95. The molecule has 0 unspecified atom stereocenters. The summed E-state index contributed by atoms with van der Waals surface area (Å²) >= 11 is 0. The second-order valence-corrected chi connectivity index (χ2v) is 5.00. The number of benzene rings is 1. The first kappa shape index (κ1) is 16.1. The molecule has 0 aliphatic rings. The maximum absolute atomic E-state index is 13.1. The van der Waals surface area contributed by atoms with E-state index in [-0.39, 0.29) is 30.1 Å². The molecule has 0 aliphatic heterocycles. The number of nitrogens with two attached hydrogens (primary N) is 1. The SMILES string of the molecule is Cc1cc(NC(=O)CNC(=O)[C@@H](N)C(C)C)ccc1F. The van der Waals surface area contributed by atoms with Gasteiger partial charge < -0.3 is 16.4 Å². The Kier molecular flexibility index (Phi) is 5.64. The van der Waals surface area contributed by atoms with Crippen LogP contribution in [0.5, 0.6) is 0 Å². The Morgan fingerprint density at radius 2 is 2.00 bits per heavy atom. The van der Waals surface area contributed by atoms with Crippen molar-refractivity contribution >= 4 is 17.5 Å². The summed E-state index contributed by atoms with van der Waals surface area (Å²) in [5, 5.41) is 5.03. The van der Waals surface area contributed by atoms with Gasteiger partial charge in [0, 0.05) is 5.69 Å². The second kappa shape index (κ2) is 7.00. The van der Waals surface area contributed by atoms with E-state index < -0.39 is 6.04 Å². The lowest BCUT2D eigenvalue weighted by Crippen LogP contribution is -2.46. The van der Waals surface area contributed by atoms with Gasteiger partial charge in [-0.15, -0.1) is 0 Å². The molecule has 0 fully saturated rings. The molecular weight excluding hydrogens is 261 g/mol.